The number of nitrogens with zero attached hydrogens (tertiary/aromatic N) is 2. The second kappa shape index (κ2) is 7.61. The van der Waals surface area contributed by atoms with Gasteiger partial charge in [0, 0.05) is 26.2 Å². The van der Waals surface area contributed by atoms with Gasteiger partial charge in [0.2, 0.25) is 0 Å². The van der Waals surface area contributed by atoms with E-state index in [-0.39, 0.29) is 12.3 Å². The standard InChI is InChI=1S/C17H25N3O2/c21-17(19-9-5-2-6-10-19)20-11-12-22-16(14-20)18-13-15-7-3-1-4-8-15/h1,3-4,7-8,16,18H,2,5-6,9-14H2. The SMILES string of the molecule is O=C(N1CCCCC1)N1CCOC(NCc2ccccc2)C1. The van der Waals surface area contributed by atoms with E-state index < -0.39 is 0 Å². The first-order valence-electron chi connectivity index (χ1n) is 8.26. The van der Waals surface area contributed by atoms with Crippen molar-refractivity contribution in [1.82, 2.24) is 15.1 Å². The van der Waals surface area contributed by atoms with Crippen molar-refractivity contribution < 1.29 is 9.53 Å². The molecule has 1 N–H and O–H groups in total. The van der Waals surface area contributed by atoms with Crippen LogP contribution >= 0.6 is 0 Å². The number of amides is 2. The molecule has 120 valence electrons. The first-order chi connectivity index (χ1) is 10.8. The minimum Gasteiger partial charge on any atom is -0.360 e. The Labute approximate surface area is 132 Å². The molecule has 2 aliphatic heterocycles. The predicted molar refractivity (Wildman–Crippen MR) is 85.4 cm³/mol. The maximum absolute atomic E-state index is 12.5. The largest absolute Gasteiger partial charge is 0.360 e. The van der Waals surface area contributed by atoms with Gasteiger partial charge in [0.25, 0.3) is 0 Å². The number of benzene rings is 1. The highest BCUT2D eigenvalue weighted by molar-refractivity contribution is 5.74. The summed E-state index contributed by atoms with van der Waals surface area (Å²) < 4.78 is 5.74. The number of ether oxygens (including phenoxy) is 1. The third-order valence-corrected chi connectivity index (χ3v) is 4.34. The maximum atomic E-state index is 12.5. The summed E-state index contributed by atoms with van der Waals surface area (Å²) in [6.07, 6.45) is 3.42. The van der Waals surface area contributed by atoms with Crippen LogP contribution in [0.2, 0.25) is 0 Å². The summed E-state index contributed by atoms with van der Waals surface area (Å²) in [5.41, 5.74) is 1.23. The summed E-state index contributed by atoms with van der Waals surface area (Å²) in [5.74, 6) is 0. The topological polar surface area (TPSA) is 44.8 Å². The molecule has 22 heavy (non-hydrogen) atoms. The van der Waals surface area contributed by atoms with Crippen LogP contribution in [0.1, 0.15) is 24.8 Å². The van der Waals surface area contributed by atoms with E-state index in [1.54, 1.807) is 0 Å². The molecule has 2 saturated heterocycles. The minimum atomic E-state index is -0.0808. The summed E-state index contributed by atoms with van der Waals surface area (Å²) in [6, 6.07) is 10.4. The average molecular weight is 303 g/mol. The second-order valence-electron chi connectivity index (χ2n) is 6.00. The summed E-state index contributed by atoms with van der Waals surface area (Å²) >= 11 is 0. The van der Waals surface area contributed by atoms with Crippen LogP contribution in [0, 0.1) is 0 Å². The normalized spacial score (nSPS) is 22.6. The zero-order chi connectivity index (χ0) is 15.2. The Morgan fingerprint density at radius 1 is 1.09 bits per heavy atom. The number of likely N-dealkylation sites (tertiary alicyclic amines) is 1. The summed E-state index contributed by atoms with van der Waals surface area (Å²) in [7, 11) is 0. The number of rotatable bonds is 3. The fraction of sp³-hybridized carbons (Fsp3) is 0.588. The number of morpholine rings is 1. The molecule has 3 rings (SSSR count). The zero-order valence-electron chi connectivity index (χ0n) is 13.0. The van der Waals surface area contributed by atoms with E-state index in [0.29, 0.717) is 19.7 Å². The molecule has 0 aliphatic carbocycles. The molecule has 2 aliphatic rings. The smallest absolute Gasteiger partial charge is 0.320 e. The first-order valence-corrected chi connectivity index (χ1v) is 8.26. The third kappa shape index (κ3) is 3.99. The van der Waals surface area contributed by atoms with E-state index in [4.69, 9.17) is 4.74 Å². The number of carbonyl (C=O) groups excluding carboxylic acids is 1. The Morgan fingerprint density at radius 2 is 1.86 bits per heavy atom. The molecule has 2 fully saturated rings. The second-order valence-corrected chi connectivity index (χ2v) is 6.00. The quantitative estimate of drug-likeness (QED) is 0.929. The van der Waals surface area contributed by atoms with Crippen molar-refractivity contribution >= 4 is 6.03 Å². The lowest BCUT2D eigenvalue weighted by Gasteiger charge is -2.37. The van der Waals surface area contributed by atoms with Crippen molar-refractivity contribution in [1.29, 1.82) is 0 Å². The van der Waals surface area contributed by atoms with Gasteiger partial charge < -0.3 is 14.5 Å². The van der Waals surface area contributed by atoms with Gasteiger partial charge in [-0.2, -0.15) is 0 Å². The number of piperidine rings is 1. The van der Waals surface area contributed by atoms with E-state index in [2.05, 4.69) is 17.4 Å². The molecular weight excluding hydrogens is 278 g/mol. The molecule has 2 heterocycles. The fourth-order valence-corrected chi connectivity index (χ4v) is 3.06. The van der Waals surface area contributed by atoms with Crippen LogP contribution in [0.4, 0.5) is 4.79 Å². The maximum Gasteiger partial charge on any atom is 0.320 e. The van der Waals surface area contributed by atoms with Crippen LogP contribution in [-0.2, 0) is 11.3 Å². The van der Waals surface area contributed by atoms with Crippen LogP contribution in [0.15, 0.2) is 30.3 Å². The molecule has 0 saturated carbocycles. The molecule has 0 aromatic heterocycles. The molecule has 0 spiro atoms. The molecule has 2 amide bonds. The van der Waals surface area contributed by atoms with Gasteiger partial charge in [0.1, 0.15) is 6.23 Å². The van der Waals surface area contributed by atoms with E-state index in [1.807, 2.05) is 28.0 Å². The number of hydrogen-bond acceptors (Lipinski definition) is 3. The highest BCUT2D eigenvalue weighted by atomic mass is 16.5. The van der Waals surface area contributed by atoms with Crippen molar-refractivity contribution in [2.75, 3.05) is 32.8 Å². The van der Waals surface area contributed by atoms with Gasteiger partial charge in [-0.15, -0.1) is 0 Å². The molecule has 0 bridgehead atoms. The number of urea groups is 1. The van der Waals surface area contributed by atoms with Crippen LogP contribution in [0.5, 0.6) is 0 Å². The highest BCUT2D eigenvalue weighted by Crippen LogP contribution is 2.13. The van der Waals surface area contributed by atoms with Crippen LogP contribution < -0.4 is 5.32 Å². The Hall–Kier alpha value is -1.59. The molecular formula is C17H25N3O2. The van der Waals surface area contributed by atoms with Gasteiger partial charge in [-0.3, -0.25) is 5.32 Å². The summed E-state index contributed by atoms with van der Waals surface area (Å²) in [4.78, 5) is 16.5. The first kappa shape index (κ1) is 15.3. The average Bonchev–Trinajstić information content (AvgIpc) is 2.61. The van der Waals surface area contributed by atoms with Gasteiger partial charge in [0.05, 0.1) is 13.2 Å². The number of nitrogens with one attached hydrogen (secondary N) is 1. The Balaban J connectivity index is 1.49. The fourth-order valence-electron chi connectivity index (χ4n) is 3.06. The van der Waals surface area contributed by atoms with E-state index in [9.17, 15) is 4.79 Å². The monoisotopic (exact) mass is 303 g/mol. The minimum absolute atomic E-state index is 0.0808. The van der Waals surface area contributed by atoms with Crippen molar-refractivity contribution in [3.8, 4) is 0 Å². The molecule has 5 heteroatoms. The van der Waals surface area contributed by atoms with Gasteiger partial charge in [0.15, 0.2) is 0 Å². The van der Waals surface area contributed by atoms with Crippen LogP contribution in [0.25, 0.3) is 0 Å². The van der Waals surface area contributed by atoms with Crippen LogP contribution in [0.3, 0.4) is 0 Å². The highest BCUT2D eigenvalue weighted by Gasteiger charge is 2.27. The van der Waals surface area contributed by atoms with E-state index >= 15 is 0 Å². The molecule has 0 radical (unpaired) electrons. The van der Waals surface area contributed by atoms with Gasteiger partial charge in [-0.05, 0) is 24.8 Å². The van der Waals surface area contributed by atoms with E-state index in [0.717, 1.165) is 32.5 Å². The van der Waals surface area contributed by atoms with Crippen molar-refractivity contribution in [2.45, 2.75) is 32.0 Å². The zero-order valence-corrected chi connectivity index (χ0v) is 13.0. The van der Waals surface area contributed by atoms with E-state index in [1.165, 1.54) is 12.0 Å². The lowest BCUT2D eigenvalue weighted by Crippen LogP contribution is -2.55. The Bertz CT molecular complexity index is 474. The molecule has 1 aromatic carbocycles. The van der Waals surface area contributed by atoms with Crippen molar-refractivity contribution in [2.24, 2.45) is 0 Å². The van der Waals surface area contributed by atoms with Crippen LogP contribution in [-0.4, -0.2) is 54.8 Å². The molecule has 1 aromatic rings. The lowest BCUT2D eigenvalue weighted by molar-refractivity contribution is -0.0375. The van der Waals surface area contributed by atoms with Gasteiger partial charge in [-0.25, -0.2) is 4.79 Å². The van der Waals surface area contributed by atoms with Crippen molar-refractivity contribution in [3.05, 3.63) is 35.9 Å². The molecule has 1 unspecified atom stereocenters. The number of carbonyl (C=O) groups is 1. The molecule has 1 atom stereocenters. The number of hydrogen-bond donors (Lipinski definition) is 1. The predicted octanol–water partition coefficient (Wildman–Crippen LogP) is 2.04. The van der Waals surface area contributed by atoms with Gasteiger partial charge >= 0.3 is 6.03 Å². The summed E-state index contributed by atoms with van der Waals surface area (Å²) in [6.45, 7) is 4.49. The van der Waals surface area contributed by atoms with Gasteiger partial charge in [-0.1, -0.05) is 30.3 Å². The Kier molecular flexibility index (Phi) is 5.29. The molecule has 5 nitrogen and oxygen atoms in total. The van der Waals surface area contributed by atoms with Crippen molar-refractivity contribution in [3.63, 3.8) is 0 Å². The lowest BCUT2D eigenvalue weighted by atomic mass is 10.1. The summed E-state index contributed by atoms with van der Waals surface area (Å²) in [5, 5.41) is 3.39. The Morgan fingerprint density at radius 3 is 2.64 bits per heavy atom. The third-order valence-electron chi connectivity index (χ3n) is 4.34.